The van der Waals surface area contributed by atoms with Gasteiger partial charge in [-0.1, -0.05) is 55.5 Å². The number of hydrogen-bond acceptors (Lipinski definition) is 2. The molecule has 2 aromatic carbocycles. The molecule has 0 radical (unpaired) electrons. The highest BCUT2D eigenvalue weighted by Crippen LogP contribution is 2.43. The van der Waals surface area contributed by atoms with Crippen LogP contribution in [-0.2, 0) is 16.0 Å². The Morgan fingerprint density at radius 3 is 2.22 bits per heavy atom. The number of aryl methyl sites for hydroxylation is 1. The predicted molar refractivity (Wildman–Crippen MR) is 129 cm³/mol. The highest BCUT2D eigenvalue weighted by Gasteiger charge is 2.46. The Kier molecular flexibility index (Phi) is 6.41. The third kappa shape index (κ3) is 4.60. The number of rotatable bonds is 6. The fourth-order valence-corrected chi connectivity index (χ4v) is 5.13. The first kappa shape index (κ1) is 22.6. The quantitative estimate of drug-likeness (QED) is 0.699. The second kappa shape index (κ2) is 9.09. The normalized spacial score (nSPS) is 22.0. The van der Waals surface area contributed by atoms with Crippen molar-refractivity contribution in [3.63, 3.8) is 0 Å². The second-order valence-corrected chi connectivity index (χ2v) is 10.2. The van der Waals surface area contributed by atoms with Crippen molar-refractivity contribution in [2.75, 3.05) is 13.1 Å². The van der Waals surface area contributed by atoms with Crippen molar-refractivity contribution in [3.8, 4) is 11.1 Å². The molecule has 2 aliphatic rings. The molecule has 0 spiro atoms. The lowest BCUT2D eigenvalue weighted by molar-refractivity contribution is -0.141. The van der Waals surface area contributed by atoms with E-state index in [1.54, 1.807) is 0 Å². The van der Waals surface area contributed by atoms with Gasteiger partial charge < -0.3 is 10.2 Å². The van der Waals surface area contributed by atoms with Crippen LogP contribution < -0.4 is 5.32 Å². The van der Waals surface area contributed by atoms with Crippen LogP contribution in [-0.4, -0.2) is 35.8 Å². The van der Waals surface area contributed by atoms with E-state index < -0.39 is 5.41 Å². The smallest absolute Gasteiger partial charge is 0.226 e. The van der Waals surface area contributed by atoms with E-state index in [1.165, 1.54) is 22.3 Å². The lowest BCUT2D eigenvalue weighted by Crippen LogP contribution is -2.52. The summed E-state index contributed by atoms with van der Waals surface area (Å²) in [6, 6.07) is 17.0. The summed E-state index contributed by atoms with van der Waals surface area (Å²) >= 11 is 0. The molecule has 0 bridgehead atoms. The van der Waals surface area contributed by atoms with Crippen molar-refractivity contribution in [1.82, 2.24) is 10.2 Å². The van der Waals surface area contributed by atoms with E-state index in [0.717, 1.165) is 6.42 Å². The maximum Gasteiger partial charge on any atom is 0.226 e. The molecular weight excluding hydrogens is 396 g/mol. The second-order valence-electron chi connectivity index (χ2n) is 10.2. The van der Waals surface area contributed by atoms with E-state index in [0.29, 0.717) is 38.3 Å². The first-order valence-corrected chi connectivity index (χ1v) is 12.0. The van der Waals surface area contributed by atoms with Gasteiger partial charge in [0.05, 0.1) is 5.41 Å². The molecule has 4 heteroatoms. The van der Waals surface area contributed by atoms with Crippen molar-refractivity contribution in [1.29, 1.82) is 0 Å². The van der Waals surface area contributed by atoms with Gasteiger partial charge in [-0.3, -0.25) is 9.59 Å². The van der Waals surface area contributed by atoms with Gasteiger partial charge in [-0.25, -0.2) is 0 Å². The van der Waals surface area contributed by atoms with E-state index in [1.807, 2.05) is 18.7 Å². The van der Waals surface area contributed by atoms with Gasteiger partial charge >= 0.3 is 0 Å². The Balaban J connectivity index is 1.61. The Bertz CT molecular complexity index is 988. The van der Waals surface area contributed by atoms with Gasteiger partial charge in [0.2, 0.25) is 11.8 Å². The lowest BCUT2D eigenvalue weighted by Gasteiger charge is -2.41. The van der Waals surface area contributed by atoms with Crippen molar-refractivity contribution in [3.05, 3.63) is 59.7 Å². The lowest BCUT2D eigenvalue weighted by atomic mass is 9.71. The Morgan fingerprint density at radius 1 is 1.03 bits per heavy atom. The number of hydrogen-bond donors (Lipinski definition) is 1. The monoisotopic (exact) mass is 432 g/mol. The zero-order valence-corrected chi connectivity index (χ0v) is 19.9. The van der Waals surface area contributed by atoms with Crippen LogP contribution in [0, 0.1) is 24.2 Å². The number of nitrogens with one attached hydrogen (secondary N) is 1. The van der Waals surface area contributed by atoms with Gasteiger partial charge in [0, 0.05) is 25.0 Å². The van der Waals surface area contributed by atoms with Crippen molar-refractivity contribution >= 4 is 11.8 Å². The SMILES string of the molecule is Cc1ccccc1-c1ccccc1CC1(C(=O)NC(C)C)CCN(C(=O)C2CC2C)CC1. The topological polar surface area (TPSA) is 49.4 Å². The largest absolute Gasteiger partial charge is 0.353 e. The zero-order chi connectivity index (χ0) is 22.9. The van der Waals surface area contributed by atoms with Crippen LogP contribution >= 0.6 is 0 Å². The molecule has 1 aliphatic heterocycles. The summed E-state index contributed by atoms with van der Waals surface area (Å²) in [5.74, 6) is 1.13. The minimum Gasteiger partial charge on any atom is -0.353 e. The maximum atomic E-state index is 13.5. The Labute approximate surface area is 192 Å². The molecule has 2 atom stereocenters. The molecule has 1 saturated heterocycles. The first-order chi connectivity index (χ1) is 15.3. The number of carbonyl (C=O) groups is 2. The van der Waals surface area contributed by atoms with Crippen LogP contribution in [0.4, 0.5) is 0 Å². The number of benzene rings is 2. The minimum absolute atomic E-state index is 0.0953. The first-order valence-electron chi connectivity index (χ1n) is 12.0. The average molecular weight is 433 g/mol. The van der Waals surface area contributed by atoms with Gasteiger partial charge in [-0.2, -0.15) is 0 Å². The predicted octanol–water partition coefficient (Wildman–Crippen LogP) is 4.99. The summed E-state index contributed by atoms with van der Waals surface area (Å²) < 4.78 is 0. The summed E-state index contributed by atoms with van der Waals surface area (Å²) in [5.41, 5.74) is 4.37. The molecule has 4 rings (SSSR count). The third-order valence-electron chi connectivity index (χ3n) is 7.34. The molecule has 170 valence electrons. The molecule has 2 aromatic rings. The summed E-state index contributed by atoms with van der Waals surface area (Å²) in [4.78, 5) is 28.3. The Morgan fingerprint density at radius 2 is 1.62 bits per heavy atom. The molecule has 2 unspecified atom stereocenters. The third-order valence-corrected chi connectivity index (χ3v) is 7.34. The van der Waals surface area contributed by atoms with E-state index in [-0.39, 0.29) is 23.8 Å². The molecule has 1 aliphatic carbocycles. The molecule has 1 saturated carbocycles. The van der Waals surface area contributed by atoms with Crippen LogP contribution in [0.25, 0.3) is 11.1 Å². The maximum absolute atomic E-state index is 13.5. The summed E-state index contributed by atoms with van der Waals surface area (Å²) in [7, 11) is 0. The fraction of sp³-hybridized carbons (Fsp3) is 0.500. The molecule has 1 heterocycles. The summed E-state index contributed by atoms with van der Waals surface area (Å²) in [6.45, 7) is 9.64. The number of carbonyl (C=O) groups excluding carboxylic acids is 2. The van der Waals surface area contributed by atoms with Crippen molar-refractivity contribution in [2.45, 2.75) is 59.4 Å². The van der Waals surface area contributed by atoms with Gasteiger partial charge in [0.25, 0.3) is 0 Å². The standard InChI is InChI=1S/C28H36N2O2/c1-19(2)29-27(32)28(13-15-30(16-14-28)26(31)25-17-21(25)4)18-22-10-6-8-12-24(22)23-11-7-5-9-20(23)3/h5-12,19,21,25H,13-18H2,1-4H3,(H,29,32). The zero-order valence-electron chi connectivity index (χ0n) is 19.9. The molecule has 4 nitrogen and oxygen atoms in total. The average Bonchev–Trinajstić information content (AvgIpc) is 3.51. The van der Waals surface area contributed by atoms with Gasteiger partial charge in [-0.05, 0) is 74.6 Å². The number of amides is 2. The van der Waals surface area contributed by atoms with E-state index >= 15 is 0 Å². The van der Waals surface area contributed by atoms with Crippen molar-refractivity contribution < 1.29 is 9.59 Å². The van der Waals surface area contributed by atoms with Crippen molar-refractivity contribution in [2.24, 2.45) is 17.3 Å². The van der Waals surface area contributed by atoms with E-state index in [2.05, 4.69) is 67.7 Å². The molecule has 32 heavy (non-hydrogen) atoms. The Hall–Kier alpha value is -2.62. The van der Waals surface area contributed by atoms with Gasteiger partial charge in [0.15, 0.2) is 0 Å². The number of likely N-dealkylation sites (tertiary alicyclic amines) is 1. The molecule has 0 aromatic heterocycles. The molecule has 2 amide bonds. The van der Waals surface area contributed by atoms with Crippen LogP contribution in [0.2, 0.25) is 0 Å². The molecular formula is C28H36N2O2. The van der Waals surface area contributed by atoms with E-state index in [4.69, 9.17) is 0 Å². The minimum atomic E-state index is -0.491. The fourth-order valence-electron chi connectivity index (χ4n) is 5.13. The van der Waals surface area contributed by atoms with Crippen LogP contribution in [0.5, 0.6) is 0 Å². The highest BCUT2D eigenvalue weighted by molar-refractivity contribution is 5.85. The summed E-state index contributed by atoms with van der Waals surface area (Å²) in [5, 5.41) is 3.19. The molecule has 1 N–H and O–H groups in total. The number of piperidine rings is 1. The van der Waals surface area contributed by atoms with Crippen LogP contribution in [0.3, 0.4) is 0 Å². The highest BCUT2D eigenvalue weighted by atomic mass is 16.2. The summed E-state index contributed by atoms with van der Waals surface area (Å²) in [6.07, 6.45) is 3.12. The number of nitrogens with zero attached hydrogens (tertiary/aromatic N) is 1. The molecule has 2 fully saturated rings. The van der Waals surface area contributed by atoms with Gasteiger partial charge in [-0.15, -0.1) is 0 Å². The van der Waals surface area contributed by atoms with Gasteiger partial charge in [0.1, 0.15) is 0 Å². The van der Waals surface area contributed by atoms with Crippen LogP contribution in [0.1, 0.15) is 51.2 Å². The van der Waals surface area contributed by atoms with E-state index in [9.17, 15) is 9.59 Å². The van der Waals surface area contributed by atoms with Crippen LogP contribution in [0.15, 0.2) is 48.5 Å².